The Morgan fingerprint density at radius 1 is 1.10 bits per heavy atom. The minimum Gasteiger partial charge on any atom is -0.495 e. The van der Waals surface area contributed by atoms with Crippen molar-refractivity contribution in [1.29, 1.82) is 0 Å². The number of unbranched alkanes of at least 4 members (excludes halogenated alkanes) is 2. The van der Waals surface area contributed by atoms with Gasteiger partial charge < -0.3 is 10.1 Å². The summed E-state index contributed by atoms with van der Waals surface area (Å²) in [6.45, 7) is 5.36. The van der Waals surface area contributed by atoms with E-state index in [2.05, 4.69) is 19.2 Å². The number of halogens is 2. The molecule has 0 saturated carbocycles. The fraction of sp³-hybridized carbons (Fsp3) is 0.625. The molecular formula is C16H25Cl2NO. The lowest BCUT2D eigenvalue weighted by Crippen LogP contribution is -2.22. The number of nitrogens with one attached hydrogen (secondary N) is 1. The Labute approximate surface area is 132 Å². The molecule has 1 aromatic carbocycles. The Bertz CT molecular complexity index is 410. The van der Waals surface area contributed by atoms with E-state index in [1.54, 1.807) is 13.2 Å². The van der Waals surface area contributed by atoms with Crippen LogP contribution in [0.1, 0.15) is 57.6 Å². The highest BCUT2D eigenvalue weighted by Gasteiger charge is 2.16. The van der Waals surface area contributed by atoms with Crippen LogP contribution < -0.4 is 10.1 Å². The molecule has 1 aromatic rings. The van der Waals surface area contributed by atoms with Crippen molar-refractivity contribution in [3.63, 3.8) is 0 Å². The minimum atomic E-state index is 0.261. The smallest absolute Gasteiger partial charge is 0.138 e. The van der Waals surface area contributed by atoms with E-state index in [0.717, 1.165) is 30.0 Å². The van der Waals surface area contributed by atoms with E-state index >= 15 is 0 Å². The number of benzene rings is 1. The summed E-state index contributed by atoms with van der Waals surface area (Å²) in [5, 5.41) is 4.90. The molecule has 0 aliphatic rings. The topological polar surface area (TPSA) is 21.3 Å². The van der Waals surface area contributed by atoms with Crippen molar-refractivity contribution in [2.24, 2.45) is 0 Å². The quantitative estimate of drug-likeness (QED) is 0.596. The molecule has 1 rings (SSSR count). The van der Waals surface area contributed by atoms with Crippen molar-refractivity contribution >= 4 is 23.2 Å². The van der Waals surface area contributed by atoms with Gasteiger partial charge in [0.25, 0.3) is 0 Å². The highest BCUT2D eigenvalue weighted by Crippen LogP contribution is 2.35. The zero-order valence-electron chi connectivity index (χ0n) is 12.6. The van der Waals surface area contributed by atoms with E-state index in [1.165, 1.54) is 19.3 Å². The van der Waals surface area contributed by atoms with Gasteiger partial charge in [0.05, 0.1) is 12.1 Å². The van der Waals surface area contributed by atoms with Crippen LogP contribution in [0, 0.1) is 0 Å². The van der Waals surface area contributed by atoms with E-state index in [1.807, 2.05) is 6.07 Å². The SMILES string of the molecule is CCCCCC(NCCC)c1cc(Cl)c(OC)cc1Cl. The summed E-state index contributed by atoms with van der Waals surface area (Å²) in [7, 11) is 1.60. The zero-order chi connectivity index (χ0) is 15.0. The monoisotopic (exact) mass is 317 g/mol. The van der Waals surface area contributed by atoms with Gasteiger partial charge in [-0.05, 0) is 31.0 Å². The summed E-state index contributed by atoms with van der Waals surface area (Å²) >= 11 is 12.6. The Morgan fingerprint density at radius 2 is 1.85 bits per heavy atom. The average molecular weight is 318 g/mol. The summed E-state index contributed by atoms with van der Waals surface area (Å²) in [6, 6.07) is 4.00. The van der Waals surface area contributed by atoms with Crippen LogP contribution in [-0.2, 0) is 0 Å². The van der Waals surface area contributed by atoms with Gasteiger partial charge in [-0.1, -0.05) is 56.3 Å². The molecule has 0 aliphatic heterocycles. The second-order valence-electron chi connectivity index (χ2n) is 5.01. The van der Waals surface area contributed by atoms with Crippen LogP contribution in [0.2, 0.25) is 10.0 Å². The molecule has 114 valence electrons. The van der Waals surface area contributed by atoms with E-state index in [0.29, 0.717) is 10.8 Å². The molecule has 0 fully saturated rings. The third-order valence-electron chi connectivity index (χ3n) is 3.38. The largest absolute Gasteiger partial charge is 0.495 e. The second-order valence-corrected chi connectivity index (χ2v) is 5.83. The molecule has 0 heterocycles. The Balaban J connectivity index is 2.90. The number of rotatable bonds is 9. The van der Waals surface area contributed by atoms with Crippen LogP contribution in [-0.4, -0.2) is 13.7 Å². The maximum Gasteiger partial charge on any atom is 0.138 e. The van der Waals surface area contributed by atoms with Crippen LogP contribution >= 0.6 is 23.2 Å². The molecule has 2 nitrogen and oxygen atoms in total. The van der Waals surface area contributed by atoms with Crippen LogP contribution in [0.4, 0.5) is 0 Å². The molecule has 0 spiro atoms. The van der Waals surface area contributed by atoms with Crippen LogP contribution in [0.5, 0.6) is 5.75 Å². The number of ether oxygens (including phenoxy) is 1. The summed E-state index contributed by atoms with van der Waals surface area (Å²) in [4.78, 5) is 0. The maximum atomic E-state index is 6.39. The molecule has 1 atom stereocenters. The first kappa shape index (κ1) is 17.6. The predicted octanol–water partition coefficient (Wildman–Crippen LogP) is 5.62. The van der Waals surface area contributed by atoms with Crippen LogP contribution in [0.15, 0.2) is 12.1 Å². The fourth-order valence-electron chi connectivity index (χ4n) is 2.25. The van der Waals surface area contributed by atoms with Crippen molar-refractivity contribution in [2.45, 2.75) is 52.0 Å². The first-order chi connectivity index (χ1) is 9.63. The normalized spacial score (nSPS) is 12.4. The zero-order valence-corrected chi connectivity index (χ0v) is 14.2. The molecule has 4 heteroatoms. The lowest BCUT2D eigenvalue weighted by Gasteiger charge is -2.21. The first-order valence-electron chi connectivity index (χ1n) is 7.40. The first-order valence-corrected chi connectivity index (χ1v) is 8.15. The van der Waals surface area contributed by atoms with Crippen LogP contribution in [0.3, 0.4) is 0 Å². The van der Waals surface area contributed by atoms with Gasteiger partial charge in [0, 0.05) is 17.1 Å². The van der Waals surface area contributed by atoms with Gasteiger partial charge in [-0.2, -0.15) is 0 Å². The van der Waals surface area contributed by atoms with Gasteiger partial charge in [0.1, 0.15) is 5.75 Å². The molecule has 1 unspecified atom stereocenters. The van der Waals surface area contributed by atoms with Gasteiger partial charge in [-0.25, -0.2) is 0 Å². The van der Waals surface area contributed by atoms with E-state index in [-0.39, 0.29) is 6.04 Å². The van der Waals surface area contributed by atoms with E-state index in [4.69, 9.17) is 27.9 Å². The number of hydrogen-bond acceptors (Lipinski definition) is 2. The predicted molar refractivity (Wildman–Crippen MR) is 88.2 cm³/mol. The van der Waals surface area contributed by atoms with Gasteiger partial charge in [0.2, 0.25) is 0 Å². The molecule has 0 saturated heterocycles. The number of hydrogen-bond donors (Lipinski definition) is 1. The van der Waals surface area contributed by atoms with Gasteiger partial charge in [-0.3, -0.25) is 0 Å². The molecule has 0 radical (unpaired) electrons. The summed E-state index contributed by atoms with van der Waals surface area (Å²) in [6.07, 6.45) is 5.84. The molecule has 0 amide bonds. The molecular weight excluding hydrogens is 293 g/mol. The summed E-state index contributed by atoms with van der Waals surface area (Å²) < 4.78 is 5.20. The van der Waals surface area contributed by atoms with Gasteiger partial charge >= 0.3 is 0 Å². The average Bonchev–Trinajstić information content (AvgIpc) is 2.45. The van der Waals surface area contributed by atoms with Gasteiger partial charge in [-0.15, -0.1) is 0 Å². The molecule has 1 N–H and O–H groups in total. The third-order valence-corrected chi connectivity index (χ3v) is 4.01. The van der Waals surface area contributed by atoms with Crippen molar-refractivity contribution < 1.29 is 4.74 Å². The highest BCUT2D eigenvalue weighted by atomic mass is 35.5. The minimum absolute atomic E-state index is 0.261. The van der Waals surface area contributed by atoms with Crippen LogP contribution in [0.25, 0.3) is 0 Å². The molecule has 0 bridgehead atoms. The lowest BCUT2D eigenvalue weighted by atomic mass is 10.00. The second kappa shape index (κ2) is 9.49. The number of methoxy groups -OCH3 is 1. The molecule has 0 aromatic heterocycles. The Hall–Kier alpha value is -0.440. The van der Waals surface area contributed by atoms with E-state index < -0.39 is 0 Å². The van der Waals surface area contributed by atoms with Crippen molar-refractivity contribution in [3.8, 4) is 5.75 Å². The van der Waals surface area contributed by atoms with Gasteiger partial charge in [0.15, 0.2) is 0 Å². The highest BCUT2D eigenvalue weighted by molar-refractivity contribution is 6.34. The molecule has 0 aliphatic carbocycles. The standard InChI is InChI=1S/C16H25Cl2NO/c1-4-6-7-8-15(19-9-5-2)12-10-14(18)16(20-3)11-13(12)17/h10-11,15,19H,4-9H2,1-3H3. The molecule has 20 heavy (non-hydrogen) atoms. The van der Waals surface area contributed by atoms with Crippen molar-refractivity contribution in [3.05, 3.63) is 27.7 Å². The third kappa shape index (κ3) is 5.16. The Morgan fingerprint density at radius 3 is 2.45 bits per heavy atom. The summed E-state index contributed by atoms with van der Waals surface area (Å²) in [5.41, 5.74) is 1.07. The van der Waals surface area contributed by atoms with Crippen molar-refractivity contribution in [1.82, 2.24) is 5.32 Å². The van der Waals surface area contributed by atoms with E-state index in [9.17, 15) is 0 Å². The maximum absolute atomic E-state index is 6.39. The lowest BCUT2D eigenvalue weighted by molar-refractivity contribution is 0.414. The Kier molecular flexibility index (Phi) is 8.35. The van der Waals surface area contributed by atoms with Crippen molar-refractivity contribution in [2.75, 3.05) is 13.7 Å². The summed E-state index contributed by atoms with van der Waals surface area (Å²) in [5.74, 6) is 0.628. The fourth-order valence-corrected chi connectivity index (χ4v) is 2.79.